The fraction of sp³-hybridized carbons (Fsp3) is 0.0667. The van der Waals surface area contributed by atoms with E-state index in [4.69, 9.17) is 0 Å². The maximum absolute atomic E-state index is 2.40. The zero-order chi connectivity index (χ0) is 41.0. The smallest absolute Gasteiger partial charge is 0.0713 e. The normalized spacial score (nSPS) is 13.9. The van der Waals surface area contributed by atoms with E-state index in [1.54, 1.807) is 0 Å². The van der Waals surface area contributed by atoms with E-state index in [0.717, 1.165) is 17.1 Å². The van der Waals surface area contributed by atoms with Gasteiger partial charge in [-0.3, -0.25) is 0 Å². The molecule has 1 heteroatoms. The molecule has 0 atom stereocenters. The lowest BCUT2D eigenvalue weighted by Gasteiger charge is -2.34. The Balaban J connectivity index is 0.910. The first kappa shape index (κ1) is 36.6. The first-order valence-corrected chi connectivity index (χ1v) is 21.3. The quantitative estimate of drug-likeness (QED) is 0.139. The van der Waals surface area contributed by atoms with Gasteiger partial charge in [0.1, 0.15) is 0 Å². The SMILES string of the molecule is CC1(C)c2cc(C=Cc3ccc(-c4cccc5c4-c4ccccc4C5(c4ccccc4)c4ccccc4)cc3)ccc2-c2ccc(N(c3ccccc3)c3ccccc3)cc21. The van der Waals surface area contributed by atoms with Gasteiger partial charge in [-0.15, -0.1) is 0 Å². The van der Waals surface area contributed by atoms with Gasteiger partial charge in [0.25, 0.3) is 0 Å². The summed E-state index contributed by atoms with van der Waals surface area (Å²) in [6.45, 7) is 4.73. The summed E-state index contributed by atoms with van der Waals surface area (Å²) in [5, 5.41) is 0. The van der Waals surface area contributed by atoms with Crippen molar-refractivity contribution < 1.29 is 0 Å². The molecule has 1 nitrogen and oxygen atoms in total. The van der Waals surface area contributed by atoms with Crippen LogP contribution in [0.5, 0.6) is 0 Å². The van der Waals surface area contributed by atoms with Crippen LogP contribution >= 0.6 is 0 Å². The number of hydrogen-bond acceptors (Lipinski definition) is 1. The minimum atomic E-state index is -0.411. The van der Waals surface area contributed by atoms with Gasteiger partial charge in [-0.05, 0) is 114 Å². The second kappa shape index (κ2) is 14.7. The monoisotopic (exact) mass is 779 g/mol. The van der Waals surface area contributed by atoms with E-state index in [1.165, 1.54) is 77.9 Å². The standard InChI is InChI=1S/C60H45N/c1-59(2)56-40-43(34-38-51(56)52-39-37-49(41-57(52)59)61(47-22-11-5-12-23-47)48-24-13-6-14-25-48)31-30-42-32-35-44(36-33-42)50-27-17-29-55-58(50)53-26-15-16-28-54(53)60(55,45-18-7-3-8-19-45)46-20-9-4-10-21-46/h3-41H,1-2H3. The van der Waals surface area contributed by atoms with Crippen molar-refractivity contribution in [1.29, 1.82) is 0 Å². The van der Waals surface area contributed by atoms with Crippen LogP contribution in [0.2, 0.25) is 0 Å². The van der Waals surface area contributed by atoms with Crippen molar-refractivity contribution in [2.24, 2.45) is 0 Å². The number of anilines is 3. The molecule has 0 aromatic heterocycles. The van der Waals surface area contributed by atoms with Crippen LogP contribution < -0.4 is 4.90 Å². The van der Waals surface area contributed by atoms with Gasteiger partial charge in [-0.25, -0.2) is 0 Å². The molecule has 0 bridgehead atoms. The molecule has 2 aliphatic rings. The lowest BCUT2D eigenvalue weighted by Crippen LogP contribution is -2.28. The molecule has 0 fully saturated rings. The van der Waals surface area contributed by atoms with Crippen LogP contribution in [0.1, 0.15) is 58.4 Å². The molecule has 0 saturated carbocycles. The molecule has 0 heterocycles. The molecular formula is C60H45N. The maximum Gasteiger partial charge on any atom is 0.0713 e. The average Bonchev–Trinajstić information content (AvgIpc) is 3.75. The van der Waals surface area contributed by atoms with Crippen molar-refractivity contribution >= 4 is 29.2 Å². The third kappa shape index (κ3) is 5.92. The van der Waals surface area contributed by atoms with Gasteiger partial charge < -0.3 is 4.90 Å². The van der Waals surface area contributed by atoms with E-state index in [9.17, 15) is 0 Å². The van der Waals surface area contributed by atoms with Crippen molar-refractivity contribution in [2.45, 2.75) is 24.7 Å². The van der Waals surface area contributed by atoms with Crippen molar-refractivity contribution in [3.8, 4) is 33.4 Å². The Labute approximate surface area is 359 Å². The zero-order valence-corrected chi connectivity index (χ0v) is 34.5. The summed E-state index contributed by atoms with van der Waals surface area (Å²) in [5.41, 5.74) is 20.9. The molecule has 9 aromatic carbocycles. The molecule has 0 radical (unpaired) electrons. The topological polar surface area (TPSA) is 3.24 Å². The van der Waals surface area contributed by atoms with E-state index < -0.39 is 5.41 Å². The Bertz CT molecular complexity index is 2990. The lowest BCUT2D eigenvalue weighted by atomic mass is 9.67. The molecule has 0 N–H and O–H groups in total. The molecule has 0 saturated heterocycles. The predicted octanol–water partition coefficient (Wildman–Crippen LogP) is 15.7. The summed E-state index contributed by atoms with van der Waals surface area (Å²) in [6.07, 6.45) is 4.51. The van der Waals surface area contributed by atoms with Crippen LogP contribution in [0.15, 0.2) is 224 Å². The van der Waals surface area contributed by atoms with E-state index in [-0.39, 0.29) is 5.41 Å². The van der Waals surface area contributed by atoms with Crippen LogP contribution in [0.25, 0.3) is 45.5 Å². The van der Waals surface area contributed by atoms with Crippen LogP contribution in [0, 0.1) is 0 Å². The maximum atomic E-state index is 2.40. The molecule has 61 heavy (non-hydrogen) atoms. The van der Waals surface area contributed by atoms with E-state index >= 15 is 0 Å². The van der Waals surface area contributed by atoms with Crippen LogP contribution in [0.4, 0.5) is 17.1 Å². The Kier molecular flexibility index (Phi) is 8.79. The fourth-order valence-corrected chi connectivity index (χ4v) is 10.3. The summed E-state index contributed by atoms with van der Waals surface area (Å²) in [4.78, 5) is 2.35. The Morgan fingerprint density at radius 2 is 0.836 bits per heavy atom. The number of rotatable bonds is 8. The highest BCUT2D eigenvalue weighted by molar-refractivity contribution is 5.96. The van der Waals surface area contributed by atoms with Crippen molar-refractivity contribution in [3.05, 3.63) is 269 Å². The minimum absolute atomic E-state index is 0.154. The lowest BCUT2D eigenvalue weighted by molar-refractivity contribution is 0.660. The summed E-state index contributed by atoms with van der Waals surface area (Å²) >= 11 is 0. The number of benzene rings is 9. The summed E-state index contributed by atoms with van der Waals surface area (Å²) in [5.74, 6) is 0. The third-order valence-electron chi connectivity index (χ3n) is 13.1. The summed E-state index contributed by atoms with van der Waals surface area (Å²) in [6, 6.07) is 82.3. The predicted molar refractivity (Wildman–Crippen MR) is 257 cm³/mol. The average molecular weight is 780 g/mol. The number of fused-ring (bicyclic) bond motifs is 6. The summed E-state index contributed by atoms with van der Waals surface area (Å²) in [7, 11) is 0. The Hall–Kier alpha value is -7.48. The van der Waals surface area contributed by atoms with Crippen molar-refractivity contribution in [2.75, 3.05) is 4.90 Å². The fourth-order valence-electron chi connectivity index (χ4n) is 10.3. The van der Waals surface area contributed by atoms with Gasteiger partial charge in [-0.2, -0.15) is 0 Å². The van der Waals surface area contributed by atoms with Crippen LogP contribution in [-0.2, 0) is 10.8 Å². The number of nitrogens with zero attached hydrogens (tertiary/aromatic N) is 1. The minimum Gasteiger partial charge on any atom is -0.310 e. The van der Waals surface area contributed by atoms with E-state index in [1.807, 2.05) is 0 Å². The molecule has 0 aliphatic heterocycles. The van der Waals surface area contributed by atoms with E-state index in [0.29, 0.717) is 0 Å². The first-order chi connectivity index (χ1) is 30.0. The molecular weight excluding hydrogens is 735 g/mol. The van der Waals surface area contributed by atoms with Gasteiger partial charge in [-0.1, -0.05) is 214 Å². The van der Waals surface area contributed by atoms with Crippen LogP contribution in [-0.4, -0.2) is 0 Å². The number of hydrogen-bond donors (Lipinski definition) is 0. The van der Waals surface area contributed by atoms with Crippen molar-refractivity contribution in [1.82, 2.24) is 0 Å². The summed E-state index contributed by atoms with van der Waals surface area (Å²) < 4.78 is 0. The first-order valence-electron chi connectivity index (χ1n) is 21.3. The molecule has 0 amide bonds. The highest BCUT2D eigenvalue weighted by Gasteiger charge is 2.46. The van der Waals surface area contributed by atoms with Gasteiger partial charge in [0, 0.05) is 22.5 Å². The van der Waals surface area contributed by atoms with Gasteiger partial charge in [0.05, 0.1) is 5.41 Å². The molecule has 11 rings (SSSR count). The van der Waals surface area contributed by atoms with Gasteiger partial charge >= 0.3 is 0 Å². The second-order valence-corrected chi connectivity index (χ2v) is 16.9. The van der Waals surface area contributed by atoms with Crippen LogP contribution in [0.3, 0.4) is 0 Å². The molecule has 9 aromatic rings. The highest BCUT2D eigenvalue weighted by Crippen LogP contribution is 2.58. The Morgan fingerprint density at radius 1 is 0.344 bits per heavy atom. The highest BCUT2D eigenvalue weighted by atomic mass is 15.1. The largest absolute Gasteiger partial charge is 0.310 e. The Morgan fingerprint density at radius 3 is 1.48 bits per heavy atom. The third-order valence-corrected chi connectivity index (χ3v) is 13.1. The molecule has 2 aliphatic carbocycles. The van der Waals surface area contributed by atoms with Gasteiger partial charge in [0.2, 0.25) is 0 Å². The van der Waals surface area contributed by atoms with E-state index in [2.05, 4.69) is 255 Å². The number of para-hydroxylation sites is 2. The second-order valence-electron chi connectivity index (χ2n) is 16.9. The molecule has 0 unspecified atom stereocenters. The molecule has 0 spiro atoms. The zero-order valence-electron chi connectivity index (χ0n) is 34.5. The van der Waals surface area contributed by atoms with Crippen molar-refractivity contribution in [3.63, 3.8) is 0 Å². The molecule has 290 valence electrons. The van der Waals surface area contributed by atoms with Gasteiger partial charge in [0.15, 0.2) is 0 Å².